The van der Waals surface area contributed by atoms with Gasteiger partial charge in [-0.15, -0.1) is 0 Å². The summed E-state index contributed by atoms with van der Waals surface area (Å²) < 4.78 is 5.67. The number of methoxy groups -OCH3 is 1. The van der Waals surface area contributed by atoms with Gasteiger partial charge < -0.3 is 9.84 Å². The highest BCUT2D eigenvalue weighted by Gasteiger charge is 2.82. The van der Waals surface area contributed by atoms with Crippen molar-refractivity contribution < 1.29 is 14.6 Å². The molecule has 0 aromatic rings. The second-order valence-electron chi connectivity index (χ2n) is 15.2. The summed E-state index contributed by atoms with van der Waals surface area (Å²) in [5, 5.41) is 10.5. The molecule has 5 rings (SSSR count). The highest BCUT2D eigenvalue weighted by atomic mass is 16.5. The molecule has 0 radical (unpaired) electrons. The molecular weight excluding hydrogens is 420 g/mol. The van der Waals surface area contributed by atoms with Gasteiger partial charge in [0.2, 0.25) is 0 Å². The van der Waals surface area contributed by atoms with E-state index in [2.05, 4.69) is 34.6 Å². The minimum atomic E-state index is -0.784. The Morgan fingerprint density at radius 3 is 2.24 bits per heavy atom. The predicted molar refractivity (Wildman–Crippen MR) is 137 cm³/mol. The molecule has 1 N–H and O–H groups in total. The van der Waals surface area contributed by atoms with Crippen LogP contribution in [0.5, 0.6) is 0 Å². The van der Waals surface area contributed by atoms with E-state index in [0.29, 0.717) is 39.3 Å². The van der Waals surface area contributed by atoms with Gasteiger partial charge in [0.25, 0.3) is 0 Å². The van der Waals surface area contributed by atoms with Crippen molar-refractivity contribution >= 4 is 5.78 Å². The van der Waals surface area contributed by atoms with E-state index in [1.54, 1.807) is 7.11 Å². The van der Waals surface area contributed by atoms with E-state index >= 15 is 0 Å². The summed E-state index contributed by atoms with van der Waals surface area (Å²) in [5.74, 6) is 3.43. The van der Waals surface area contributed by atoms with Crippen LogP contribution in [0.15, 0.2) is 0 Å². The topological polar surface area (TPSA) is 46.5 Å². The maximum Gasteiger partial charge on any atom is 0.138 e. The summed E-state index contributed by atoms with van der Waals surface area (Å²) in [6, 6.07) is 0. The zero-order valence-corrected chi connectivity index (χ0v) is 23.4. The maximum absolute atomic E-state index is 12.9. The molecule has 9 atom stereocenters. The first kappa shape index (κ1) is 25.2. The van der Waals surface area contributed by atoms with Gasteiger partial charge in [-0.05, 0) is 123 Å². The summed E-state index contributed by atoms with van der Waals surface area (Å²) in [7, 11) is 1.74. The second-order valence-corrected chi connectivity index (χ2v) is 15.2. The fourth-order valence-corrected chi connectivity index (χ4v) is 11.5. The third-order valence-corrected chi connectivity index (χ3v) is 13.6. The van der Waals surface area contributed by atoms with Crippen LogP contribution in [-0.2, 0) is 9.53 Å². The highest BCUT2D eigenvalue weighted by molar-refractivity contribution is 5.86. The molecule has 5 fully saturated rings. The largest absolute Gasteiger partial charge is 0.388 e. The van der Waals surface area contributed by atoms with Gasteiger partial charge in [0, 0.05) is 18.9 Å². The van der Waals surface area contributed by atoms with Crippen molar-refractivity contribution in [3.05, 3.63) is 0 Å². The molecule has 5 aliphatic rings. The molecule has 0 bridgehead atoms. The molecule has 2 spiro atoms. The van der Waals surface area contributed by atoms with Crippen molar-refractivity contribution in [3.63, 3.8) is 0 Å². The molecule has 194 valence electrons. The number of hydrogen-bond donors (Lipinski definition) is 1. The Morgan fingerprint density at radius 2 is 1.59 bits per heavy atom. The quantitative estimate of drug-likeness (QED) is 0.445. The third kappa shape index (κ3) is 3.04. The van der Waals surface area contributed by atoms with E-state index in [0.717, 1.165) is 31.1 Å². The van der Waals surface area contributed by atoms with Gasteiger partial charge >= 0.3 is 0 Å². The molecule has 0 heterocycles. The van der Waals surface area contributed by atoms with Crippen LogP contribution in [0, 0.1) is 50.7 Å². The lowest BCUT2D eigenvalue weighted by Crippen LogP contribution is -2.57. The van der Waals surface area contributed by atoms with Gasteiger partial charge in [0.1, 0.15) is 5.78 Å². The first-order valence-electron chi connectivity index (χ1n) is 14.5. The Labute approximate surface area is 209 Å². The number of ketones is 1. The molecule has 3 heteroatoms. The Kier molecular flexibility index (Phi) is 5.61. The van der Waals surface area contributed by atoms with Crippen molar-refractivity contribution in [3.8, 4) is 0 Å². The van der Waals surface area contributed by atoms with E-state index in [1.165, 1.54) is 51.4 Å². The van der Waals surface area contributed by atoms with Crippen molar-refractivity contribution in [1.29, 1.82) is 0 Å². The van der Waals surface area contributed by atoms with Crippen LogP contribution in [0.3, 0.4) is 0 Å². The summed E-state index contributed by atoms with van der Waals surface area (Å²) in [6.45, 7) is 16.1. The minimum Gasteiger partial charge on any atom is -0.388 e. The molecule has 0 aromatic carbocycles. The highest BCUT2D eigenvalue weighted by Crippen LogP contribution is 2.88. The lowest BCUT2D eigenvalue weighted by Gasteiger charge is -2.62. The first-order chi connectivity index (χ1) is 15.7. The maximum atomic E-state index is 12.9. The van der Waals surface area contributed by atoms with Crippen LogP contribution in [-0.4, -0.2) is 29.7 Å². The summed E-state index contributed by atoms with van der Waals surface area (Å²) in [6.07, 6.45) is 13.5. The lowest BCUT2D eigenvalue weighted by molar-refractivity contribution is -0.157. The summed E-state index contributed by atoms with van der Waals surface area (Å²) in [5.41, 5.74) is 0.951. The van der Waals surface area contributed by atoms with Gasteiger partial charge in [0.05, 0.1) is 11.7 Å². The van der Waals surface area contributed by atoms with E-state index < -0.39 is 5.60 Å². The van der Waals surface area contributed by atoms with Gasteiger partial charge in [0.15, 0.2) is 0 Å². The Hall–Kier alpha value is -0.410. The van der Waals surface area contributed by atoms with Crippen LogP contribution < -0.4 is 0 Å². The Balaban J connectivity index is 1.36. The molecule has 5 saturated carbocycles. The average molecular weight is 473 g/mol. The Morgan fingerprint density at radius 1 is 0.941 bits per heavy atom. The second kappa shape index (κ2) is 7.56. The molecule has 0 aromatic heterocycles. The van der Waals surface area contributed by atoms with Crippen LogP contribution in [0.2, 0.25) is 0 Å². The van der Waals surface area contributed by atoms with E-state index in [1.807, 2.05) is 13.8 Å². The van der Waals surface area contributed by atoms with Crippen molar-refractivity contribution in [1.82, 2.24) is 0 Å². The number of ether oxygens (including phenoxy) is 1. The van der Waals surface area contributed by atoms with Crippen LogP contribution in [0.4, 0.5) is 0 Å². The van der Waals surface area contributed by atoms with Crippen LogP contribution in [0.25, 0.3) is 0 Å². The number of fused-ring (bicyclic) bond motifs is 2. The van der Waals surface area contributed by atoms with E-state index in [-0.39, 0.29) is 11.5 Å². The smallest absolute Gasteiger partial charge is 0.138 e. The molecule has 5 aliphatic carbocycles. The number of hydrogen-bond acceptors (Lipinski definition) is 3. The van der Waals surface area contributed by atoms with Crippen molar-refractivity contribution in [2.75, 3.05) is 7.11 Å². The van der Waals surface area contributed by atoms with Gasteiger partial charge in [-0.2, -0.15) is 0 Å². The van der Waals surface area contributed by atoms with Gasteiger partial charge in [-0.1, -0.05) is 34.6 Å². The minimum absolute atomic E-state index is 0.0934. The molecule has 3 nitrogen and oxygen atoms in total. The molecule has 0 amide bonds. The average Bonchev–Trinajstić information content (AvgIpc) is 3.33. The van der Waals surface area contributed by atoms with Crippen LogP contribution >= 0.6 is 0 Å². The number of carbonyl (C=O) groups excluding carboxylic acids is 1. The summed E-state index contributed by atoms with van der Waals surface area (Å²) in [4.78, 5) is 12.9. The standard InChI is InChI=1S/C31H52O3/c1-20(9-12-25(34-8)27(4,5)33)21-13-15-29(7)23-11-10-22-26(2,3)24(32)14-16-30(22)19-31(23,30)18-17-28(21,29)6/h20-23,25,33H,9-19H2,1-8H3/t20-,21-,22+,23+,25-,28-,29+,30-,31+/m1/s1. The zero-order valence-electron chi connectivity index (χ0n) is 23.4. The van der Waals surface area contributed by atoms with E-state index in [4.69, 9.17) is 4.74 Å². The van der Waals surface area contributed by atoms with Crippen molar-refractivity contribution in [2.24, 2.45) is 50.7 Å². The SMILES string of the molecule is CO[C@H](CC[C@@H](C)[C@H]1CC[C@@]2(C)[C@@H]3CC[C@H]4C(C)(C)C(=O)CC[C@@]45C[C@@]35CC[C@]12C)C(C)(C)O. The molecule has 34 heavy (non-hydrogen) atoms. The van der Waals surface area contributed by atoms with Crippen LogP contribution in [0.1, 0.15) is 119 Å². The Bertz CT molecular complexity index is 840. The summed E-state index contributed by atoms with van der Waals surface area (Å²) >= 11 is 0. The number of aliphatic hydroxyl groups is 1. The van der Waals surface area contributed by atoms with E-state index in [9.17, 15) is 9.90 Å². The van der Waals surface area contributed by atoms with Crippen molar-refractivity contribution in [2.45, 2.75) is 131 Å². The fourth-order valence-electron chi connectivity index (χ4n) is 11.5. The fraction of sp³-hybridized carbons (Fsp3) is 0.968. The van der Waals surface area contributed by atoms with Gasteiger partial charge in [-0.25, -0.2) is 0 Å². The monoisotopic (exact) mass is 472 g/mol. The first-order valence-corrected chi connectivity index (χ1v) is 14.5. The molecule has 0 aliphatic heterocycles. The predicted octanol–water partition coefficient (Wildman–Crippen LogP) is 7.20. The zero-order chi connectivity index (χ0) is 24.9. The molecular formula is C31H52O3. The molecule has 0 unspecified atom stereocenters. The van der Waals surface area contributed by atoms with Gasteiger partial charge in [-0.3, -0.25) is 4.79 Å². The molecule has 0 saturated heterocycles. The third-order valence-electron chi connectivity index (χ3n) is 13.6. The normalized spacial score (nSPS) is 48.9. The number of rotatable bonds is 6. The number of carbonyl (C=O) groups is 1. The number of Topliss-reactive ketones (excluding diaryl/α,β-unsaturated/α-hetero) is 1. The lowest BCUT2D eigenvalue weighted by atomic mass is 9.42.